The molecular formula is C36H31N. The molecule has 0 amide bonds. The van der Waals surface area contributed by atoms with E-state index in [0.29, 0.717) is 0 Å². The fourth-order valence-corrected chi connectivity index (χ4v) is 6.74. The Morgan fingerprint density at radius 3 is 1.76 bits per heavy atom. The molecule has 0 unspecified atom stereocenters. The molecule has 1 nitrogen and oxygen atoms in total. The normalized spacial score (nSPS) is 15.5. The largest absolute Gasteiger partial charge is 0.355 e. The summed E-state index contributed by atoms with van der Waals surface area (Å²) in [5.74, 6) is 0. The van der Waals surface area contributed by atoms with Crippen molar-refractivity contribution in [2.75, 3.05) is 5.32 Å². The summed E-state index contributed by atoms with van der Waals surface area (Å²) in [7, 11) is 0. The van der Waals surface area contributed by atoms with E-state index in [1.54, 1.807) is 0 Å². The fourth-order valence-electron chi connectivity index (χ4n) is 6.74. The first kappa shape index (κ1) is 22.1. The lowest BCUT2D eigenvalue weighted by Gasteiger charge is -2.23. The molecule has 0 saturated carbocycles. The molecule has 0 fully saturated rings. The van der Waals surface area contributed by atoms with E-state index < -0.39 is 0 Å². The highest BCUT2D eigenvalue weighted by Crippen LogP contribution is 2.53. The maximum Gasteiger partial charge on any atom is 0.0464 e. The average molecular weight is 478 g/mol. The minimum Gasteiger partial charge on any atom is -0.355 e. The van der Waals surface area contributed by atoms with Crippen molar-refractivity contribution in [1.29, 1.82) is 0 Å². The Hall–Kier alpha value is -4.10. The van der Waals surface area contributed by atoms with Crippen LogP contribution in [0.3, 0.4) is 0 Å². The van der Waals surface area contributed by atoms with Crippen molar-refractivity contribution >= 4 is 11.4 Å². The van der Waals surface area contributed by atoms with Crippen molar-refractivity contribution in [3.8, 4) is 33.4 Å². The van der Waals surface area contributed by atoms with Gasteiger partial charge in [0.2, 0.25) is 0 Å². The lowest BCUT2D eigenvalue weighted by Crippen LogP contribution is -2.15. The SMILES string of the molecule is CC1(C)c2ccccc2-c2ccc(Nc3ccccc3-c3cccc4c3-c3ccccc3C4(C)C)cc21. The molecule has 1 heteroatoms. The van der Waals surface area contributed by atoms with Crippen molar-refractivity contribution in [2.24, 2.45) is 0 Å². The van der Waals surface area contributed by atoms with Gasteiger partial charge < -0.3 is 5.32 Å². The monoisotopic (exact) mass is 477 g/mol. The van der Waals surface area contributed by atoms with E-state index in [4.69, 9.17) is 0 Å². The van der Waals surface area contributed by atoms with Gasteiger partial charge in [0.15, 0.2) is 0 Å². The van der Waals surface area contributed by atoms with Gasteiger partial charge in [0, 0.05) is 27.8 Å². The van der Waals surface area contributed by atoms with Crippen LogP contribution in [-0.2, 0) is 10.8 Å². The van der Waals surface area contributed by atoms with Gasteiger partial charge in [-0.1, -0.05) is 119 Å². The van der Waals surface area contributed by atoms with Crippen molar-refractivity contribution in [3.63, 3.8) is 0 Å². The summed E-state index contributed by atoms with van der Waals surface area (Å²) in [6.45, 7) is 9.36. The maximum atomic E-state index is 3.80. The molecule has 0 heterocycles. The number of para-hydroxylation sites is 1. The zero-order valence-electron chi connectivity index (χ0n) is 21.9. The van der Waals surface area contributed by atoms with E-state index in [-0.39, 0.29) is 10.8 Å². The molecule has 5 aromatic rings. The highest BCUT2D eigenvalue weighted by Gasteiger charge is 2.37. The minimum absolute atomic E-state index is 0.00905. The first-order valence-electron chi connectivity index (χ1n) is 13.2. The fraction of sp³-hybridized carbons (Fsp3) is 0.167. The van der Waals surface area contributed by atoms with Crippen LogP contribution in [0.25, 0.3) is 33.4 Å². The molecular weight excluding hydrogens is 446 g/mol. The van der Waals surface area contributed by atoms with Crippen molar-refractivity contribution in [3.05, 3.63) is 131 Å². The summed E-state index contributed by atoms with van der Waals surface area (Å²) in [4.78, 5) is 0. The average Bonchev–Trinajstić information content (AvgIpc) is 3.29. The van der Waals surface area contributed by atoms with Crippen LogP contribution in [-0.4, -0.2) is 0 Å². The van der Waals surface area contributed by atoms with Gasteiger partial charge in [-0.3, -0.25) is 0 Å². The Bertz CT molecular complexity index is 1700. The van der Waals surface area contributed by atoms with E-state index in [2.05, 4.69) is 142 Å². The molecule has 0 atom stereocenters. The number of anilines is 2. The number of nitrogens with one attached hydrogen (secondary N) is 1. The summed E-state index contributed by atoms with van der Waals surface area (Å²) >= 11 is 0. The third-order valence-electron chi connectivity index (χ3n) is 8.69. The topological polar surface area (TPSA) is 12.0 Å². The number of benzene rings is 5. The molecule has 0 aliphatic heterocycles. The molecule has 2 aliphatic carbocycles. The highest BCUT2D eigenvalue weighted by atomic mass is 14.9. The standard InChI is InChI=1S/C36H31N/c1-35(2)30-17-9-6-14-28(30)34-27(15-11-18-31(34)35)26-13-7-10-19-33(26)37-23-20-21-25-24-12-5-8-16-29(24)36(3,4)32(25)22-23/h5-22,37H,1-4H3. The van der Waals surface area contributed by atoms with Crippen molar-refractivity contribution < 1.29 is 0 Å². The molecule has 0 saturated heterocycles. The third-order valence-corrected chi connectivity index (χ3v) is 8.69. The predicted molar refractivity (Wildman–Crippen MR) is 157 cm³/mol. The molecule has 0 aromatic heterocycles. The Morgan fingerprint density at radius 1 is 0.432 bits per heavy atom. The van der Waals surface area contributed by atoms with E-state index in [0.717, 1.165) is 11.4 Å². The first-order valence-corrected chi connectivity index (χ1v) is 13.2. The van der Waals surface area contributed by atoms with Gasteiger partial charge in [0.1, 0.15) is 0 Å². The van der Waals surface area contributed by atoms with Crippen molar-refractivity contribution in [2.45, 2.75) is 38.5 Å². The van der Waals surface area contributed by atoms with E-state index in [1.807, 2.05) is 0 Å². The van der Waals surface area contributed by atoms with Crippen LogP contribution in [0.2, 0.25) is 0 Å². The minimum atomic E-state index is -0.0152. The summed E-state index contributed by atoms with van der Waals surface area (Å²) < 4.78 is 0. The lowest BCUT2D eigenvalue weighted by atomic mass is 9.82. The second-order valence-corrected chi connectivity index (χ2v) is 11.5. The Kier molecular flexibility index (Phi) is 4.60. The second kappa shape index (κ2) is 7.70. The third kappa shape index (κ3) is 3.10. The number of rotatable bonds is 3. The van der Waals surface area contributed by atoms with Crippen LogP contribution in [0.1, 0.15) is 49.9 Å². The van der Waals surface area contributed by atoms with E-state index >= 15 is 0 Å². The van der Waals surface area contributed by atoms with Gasteiger partial charge in [0.05, 0.1) is 0 Å². The maximum absolute atomic E-state index is 3.80. The molecule has 180 valence electrons. The summed E-state index contributed by atoms with van der Waals surface area (Å²) in [6.07, 6.45) is 0. The van der Waals surface area contributed by atoms with Crippen molar-refractivity contribution in [1.82, 2.24) is 0 Å². The van der Waals surface area contributed by atoms with Crippen LogP contribution < -0.4 is 5.32 Å². The van der Waals surface area contributed by atoms with Crippen LogP contribution in [0, 0.1) is 0 Å². The van der Waals surface area contributed by atoms with Gasteiger partial charge in [-0.2, -0.15) is 0 Å². The molecule has 0 bridgehead atoms. The molecule has 2 aliphatic rings. The molecule has 7 rings (SSSR count). The number of hydrogen-bond acceptors (Lipinski definition) is 1. The predicted octanol–water partition coefficient (Wildman–Crippen LogP) is 9.71. The molecule has 5 aromatic carbocycles. The van der Waals surface area contributed by atoms with Crippen LogP contribution >= 0.6 is 0 Å². The zero-order chi connectivity index (χ0) is 25.4. The summed E-state index contributed by atoms with van der Waals surface area (Å²) in [5.41, 5.74) is 15.8. The Labute approximate surface area is 219 Å². The quantitative estimate of drug-likeness (QED) is 0.273. The Balaban J connectivity index is 1.34. The van der Waals surface area contributed by atoms with Crippen LogP contribution in [0.5, 0.6) is 0 Å². The lowest BCUT2D eigenvalue weighted by molar-refractivity contribution is 0.660. The Morgan fingerprint density at radius 2 is 0.973 bits per heavy atom. The smallest absolute Gasteiger partial charge is 0.0464 e. The van der Waals surface area contributed by atoms with E-state index in [1.165, 1.54) is 55.6 Å². The van der Waals surface area contributed by atoms with Gasteiger partial charge in [-0.05, 0) is 68.3 Å². The van der Waals surface area contributed by atoms with Gasteiger partial charge in [0.25, 0.3) is 0 Å². The number of fused-ring (bicyclic) bond motifs is 6. The van der Waals surface area contributed by atoms with Crippen LogP contribution in [0.4, 0.5) is 11.4 Å². The van der Waals surface area contributed by atoms with Gasteiger partial charge >= 0.3 is 0 Å². The van der Waals surface area contributed by atoms with Gasteiger partial charge in [-0.25, -0.2) is 0 Å². The van der Waals surface area contributed by atoms with E-state index in [9.17, 15) is 0 Å². The number of hydrogen-bond donors (Lipinski definition) is 1. The van der Waals surface area contributed by atoms with Gasteiger partial charge in [-0.15, -0.1) is 0 Å². The van der Waals surface area contributed by atoms with Crippen LogP contribution in [0.15, 0.2) is 109 Å². The summed E-state index contributed by atoms with van der Waals surface area (Å²) in [6, 6.07) is 40.1. The zero-order valence-corrected chi connectivity index (χ0v) is 21.9. The molecule has 0 spiro atoms. The molecule has 37 heavy (non-hydrogen) atoms. The second-order valence-electron chi connectivity index (χ2n) is 11.5. The first-order chi connectivity index (χ1) is 17.9. The highest BCUT2D eigenvalue weighted by molar-refractivity contribution is 5.96. The summed E-state index contributed by atoms with van der Waals surface area (Å²) in [5, 5.41) is 3.80. The molecule has 1 N–H and O–H groups in total. The molecule has 0 radical (unpaired) electrons.